The monoisotopic (exact) mass is 308 g/mol. The Morgan fingerprint density at radius 3 is 2.74 bits per heavy atom. The van der Waals surface area contributed by atoms with E-state index in [1.165, 1.54) is 6.92 Å². The molecule has 1 unspecified atom stereocenters. The van der Waals surface area contributed by atoms with Gasteiger partial charge in [-0.2, -0.15) is 0 Å². The van der Waals surface area contributed by atoms with Crippen LogP contribution in [0.5, 0.6) is 5.75 Å². The normalized spacial score (nSPS) is 16.2. The van der Waals surface area contributed by atoms with Gasteiger partial charge in [0.15, 0.2) is 11.9 Å². The highest BCUT2D eigenvalue weighted by atomic mass is 16.5. The highest BCUT2D eigenvalue weighted by Gasteiger charge is 2.23. The number of benzene rings is 2. The number of carbonyl (C=O) groups excluding carboxylic acids is 1. The van der Waals surface area contributed by atoms with Gasteiger partial charge in [0.25, 0.3) is 0 Å². The van der Waals surface area contributed by atoms with Crippen LogP contribution in [0.15, 0.2) is 54.1 Å². The zero-order valence-corrected chi connectivity index (χ0v) is 12.7. The standard InChI is InChI=1S/C19H16O4/c1-12(19(21)22)23-16-7-4-5-13(10-16)9-15-11-14-6-2-3-8-17(14)18(15)20/h2-10,12H,11H2,1H3,(H,21,22)/b15-9-. The van der Waals surface area contributed by atoms with Crippen molar-refractivity contribution in [2.24, 2.45) is 0 Å². The number of carboxylic acid groups (broad SMARTS) is 1. The van der Waals surface area contributed by atoms with E-state index in [0.717, 1.165) is 22.3 Å². The first-order valence-electron chi connectivity index (χ1n) is 7.37. The molecule has 1 N–H and O–H groups in total. The molecule has 116 valence electrons. The molecule has 4 heteroatoms. The summed E-state index contributed by atoms with van der Waals surface area (Å²) in [6.07, 6.45) is 1.53. The zero-order chi connectivity index (χ0) is 16.4. The van der Waals surface area contributed by atoms with Crippen LogP contribution in [0.3, 0.4) is 0 Å². The molecule has 2 aromatic rings. The van der Waals surface area contributed by atoms with E-state index in [1.54, 1.807) is 18.2 Å². The molecule has 0 aromatic heterocycles. The Labute approximate surface area is 134 Å². The van der Waals surface area contributed by atoms with Crippen molar-refractivity contribution >= 4 is 17.8 Å². The van der Waals surface area contributed by atoms with Crippen LogP contribution in [0.4, 0.5) is 0 Å². The zero-order valence-electron chi connectivity index (χ0n) is 12.7. The topological polar surface area (TPSA) is 63.6 Å². The SMILES string of the molecule is CC(Oc1cccc(/C=C2/Cc3ccccc3C2=O)c1)C(=O)O. The van der Waals surface area contributed by atoms with Crippen LogP contribution in [0.1, 0.15) is 28.4 Å². The molecule has 23 heavy (non-hydrogen) atoms. The molecule has 1 aliphatic rings. The van der Waals surface area contributed by atoms with Crippen molar-refractivity contribution < 1.29 is 19.4 Å². The molecular formula is C19H16O4. The number of allylic oxidation sites excluding steroid dienone is 1. The average molecular weight is 308 g/mol. The van der Waals surface area contributed by atoms with Crippen LogP contribution < -0.4 is 4.74 Å². The molecule has 0 aliphatic heterocycles. The lowest BCUT2D eigenvalue weighted by molar-refractivity contribution is -0.144. The Kier molecular flexibility index (Phi) is 3.98. The van der Waals surface area contributed by atoms with Gasteiger partial charge < -0.3 is 9.84 Å². The predicted octanol–water partition coefficient (Wildman–Crippen LogP) is 3.36. The van der Waals surface area contributed by atoms with Gasteiger partial charge in [0.1, 0.15) is 5.75 Å². The van der Waals surface area contributed by atoms with Crippen LogP contribution in [0.2, 0.25) is 0 Å². The largest absolute Gasteiger partial charge is 0.479 e. The summed E-state index contributed by atoms with van der Waals surface area (Å²) in [4.78, 5) is 23.2. The molecule has 0 heterocycles. The molecule has 4 nitrogen and oxygen atoms in total. The van der Waals surface area contributed by atoms with Crippen LogP contribution in [0.25, 0.3) is 6.08 Å². The number of Topliss-reactive ketones (excluding diaryl/α,β-unsaturated/α-hetero) is 1. The minimum Gasteiger partial charge on any atom is -0.479 e. The summed E-state index contributed by atoms with van der Waals surface area (Å²) in [5.74, 6) is -0.502. The maximum Gasteiger partial charge on any atom is 0.344 e. The highest BCUT2D eigenvalue weighted by molar-refractivity contribution is 6.15. The fourth-order valence-electron chi connectivity index (χ4n) is 2.60. The van der Waals surface area contributed by atoms with Gasteiger partial charge in [-0.05, 0) is 36.3 Å². The number of hydrogen-bond donors (Lipinski definition) is 1. The third kappa shape index (κ3) is 3.16. The fraction of sp³-hybridized carbons (Fsp3) is 0.158. The fourth-order valence-corrected chi connectivity index (χ4v) is 2.60. The lowest BCUT2D eigenvalue weighted by atomic mass is 10.1. The van der Waals surface area contributed by atoms with Gasteiger partial charge in [-0.25, -0.2) is 4.79 Å². The first-order chi connectivity index (χ1) is 11.0. The summed E-state index contributed by atoms with van der Waals surface area (Å²) in [5.41, 5.74) is 3.34. The van der Waals surface area contributed by atoms with E-state index in [2.05, 4.69) is 0 Å². The van der Waals surface area contributed by atoms with Crippen LogP contribution in [0, 0.1) is 0 Å². The molecule has 0 fully saturated rings. The maximum absolute atomic E-state index is 12.4. The van der Waals surface area contributed by atoms with Crippen molar-refractivity contribution in [3.63, 3.8) is 0 Å². The average Bonchev–Trinajstić information content (AvgIpc) is 2.84. The molecule has 2 aromatic carbocycles. The minimum atomic E-state index is -1.02. The van der Waals surface area contributed by atoms with E-state index in [4.69, 9.17) is 9.84 Å². The van der Waals surface area contributed by atoms with E-state index in [-0.39, 0.29) is 5.78 Å². The second-order valence-electron chi connectivity index (χ2n) is 5.50. The summed E-state index contributed by atoms with van der Waals surface area (Å²) in [5, 5.41) is 8.90. The number of carboxylic acids is 1. The Hall–Kier alpha value is -2.88. The molecule has 1 atom stereocenters. The lowest BCUT2D eigenvalue weighted by Crippen LogP contribution is -2.22. The van der Waals surface area contributed by atoms with Crippen molar-refractivity contribution in [2.75, 3.05) is 0 Å². The number of ether oxygens (including phenoxy) is 1. The predicted molar refractivity (Wildman–Crippen MR) is 86.6 cm³/mol. The quantitative estimate of drug-likeness (QED) is 0.880. The minimum absolute atomic E-state index is 0.0471. The molecule has 0 amide bonds. The lowest BCUT2D eigenvalue weighted by Gasteiger charge is -2.10. The van der Waals surface area contributed by atoms with Gasteiger partial charge in [-0.3, -0.25) is 4.79 Å². The summed E-state index contributed by atoms with van der Waals surface area (Å²) in [6, 6.07) is 14.7. The molecule has 0 bridgehead atoms. The van der Waals surface area contributed by atoms with E-state index in [9.17, 15) is 9.59 Å². The Morgan fingerprint density at radius 2 is 2.00 bits per heavy atom. The Bertz CT molecular complexity index is 805. The van der Waals surface area contributed by atoms with Crippen molar-refractivity contribution in [1.82, 2.24) is 0 Å². The second-order valence-corrected chi connectivity index (χ2v) is 5.50. The molecule has 3 rings (SSSR count). The summed E-state index contributed by atoms with van der Waals surface area (Å²) in [7, 11) is 0. The van der Waals surface area contributed by atoms with Crippen molar-refractivity contribution in [3.8, 4) is 5.75 Å². The number of fused-ring (bicyclic) bond motifs is 1. The third-order valence-electron chi connectivity index (χ3n) is 3.79. The van der Waals surface area contributed by atoms with Gasteiger partial charge in [0.2, 0.25) is 0 Å². The number of carbonyl (C=O) groups is 2. The van der Waals surface area contributed by atoms with Crippen molar-refractivity contribution in [2.45, 2.75) is 19.4 Å². The van der Waals surface area contributed by atoms with Gasteiger partial charge in [0.05, 0.1) is 0 Å². The molecule has 0 radical (unpaired) electrons. The van der Waals surface area contributed by atoms with Gasteiger partial charge in [-0.15, -0.1) is 0 Å². The second kappa shape index (κ2) is 6.08. The first-order valence-corrected chi connectivity index (χ1v) is 7.37. The molecule has 0 spiro atoms. The molecule has 1 aliphatic carbocycles. The number of hydrogen-bond acceptors (Lipinski definition) is 3. The maximum atomic E-state index is 12.4. The van der Waals surface area contributed by atoms with E-state index >= 15 is 0 Å². The van der Waals surface area contributed by atoms with Crippen LogP contribution >= 0.6 is 0 Å². The number of rotatable bonds is 4. The van der Waals surface area contributed by atoms with Crippen molar-refractivity contribution in [3.05, 3.63) is 70.8 Å². The number of aliphatic carboxylic acids is 1. The Balaban J connectivity index is 1.84. The molecular weight excluding hydrogens is 292 g/mol. The van der Waals surface area contributed by atoms with Crippen molar-refractivity contribution in [1.29, 1.82) is 0 Å². The smallest absolute Gasteiger partial charge is 0.344 e. The van der Waals surface area contributed by atoms with Gasteiger partial charge in [-0.1, -0.05) is 36.4 Å². The van der Waals surface area contributed by atoms with Crippen LogP contribution in [-0.4, -0.2) is 23.0 Å². The van der Waals surface area contributed by atoms with E-state index in [1.807, 2.05) is 36.4 Å². The van der Waals surface area contributed by atoms with E-state index in [0.29, 0.717) is 12.2 Å². The summed E-state index contributed by atoms with van der Waals surface area (Å²) >= 11 is 0. The highest BCUT2D eigenvalue weighted by Crippen LogP contribution is 2.28. The summed E-state index contributed by atoms with van der Waals surface area (Å²) < 4.78 is 5.36. The Morgan fingerprint density at radius 1 is 1.22 bits per heavy atom. The summed E-state index contributed by atoms with van der Waals surface area (Å²) in [6.45, 7) is 1.48. The van der Waals surface area contributed by atoms with Crippen LogP contribution in [-0.2, 0) is 11.2 Å². The third-order valence-corrected chi connectivity index (χ3v) is 3.79. The van der Waals surface area contributed by atoms with Gasteiger partial charge >= 0.3 is 5.97 Å². The molecule has 0 saturated carbocycles. The molecule has 0 saturated heterocycles. The van der Waals surface area contributed by atoms with Gasteiger partial charge in [0, 0.05) is 17.6 Å². The number of ketones is 1. The van der Waals surface area contributed by atoms with E-state index < -0.39 is 12.1 Å². The first kappa shape index (κ1) is 15.0.